The van der Waals surface area contributed by atoms with Crippen LogP contribution in [0, 0.1) is 3.57 Å². The average molecular weight is 380 g/mol. The molecule has 0 atom stereocenters. The van der Waals surface area contributed by atoms with Crippen LogP contribution < -0.4 is 5.32 Å². The van der Waals surface area contributed by atoms with Gasteiger partial charge in [0.05, 0.1) is 5.56 Å². The molecule has 0 spiro atoms. The molecule has 104 valence electrons. The summed E-state index contributed by atoms with van der Waals surface area (Å²) in [4.78, 5) is 14.3. The van der Waals surface area contributed by atoms with Crippen LogP contribution in [0.2, 0.25) is 0 Å². The fourth-order valence-electron chi connectivity index (χ4n) is 1.90. The van der Waals surface area contributed by atoms with Gasteiger partial charge in [-0.25, -0.2) is 0 Å². The average Bonchev–Trinajstić information content (AvgIpc) is 2.41. The second-order valence-corrected chi connectivity index (χ2v) is 6.03. The standard InChI is InChI=1S/C16H17IN2O/c1-19(2)11-12-7-9-13(10-8-12)18-16(20)14-5-3-4-6-15(14)17/h3-10H,11H2,1-2H3,(H,18,20). The summed E-state index contributed by atoms with van der Waals surface area (Å²) in [5.41, 5.74) is 2.74. The van der Waals surface area contributed by atoms with Gasteiger partial charge in [-0.15, -0.1) is 0 Å². The number of benzene rings is 2. The van der Waals surface area contributed by atoms with E-state index in [4.69, 9.17) is 0 Å². The van der Waals surface area contributed by atoms with Crippen LogP contribution in [0.3, 0.4) is 0 Å². The van der Waals surface area contributed by atoms with Crippen molar-refractivity contribution in [3.8, 4) is 0 Å². The number of rotatable bonds is 4. The van der Waals surface area contributed by atoms with Crippen LogP contribution in [0.5, 0.6) is 0 Å². The third-order valence-electron chi connectivity index (χ3n) is 2.83. The van der Waals surface area contributed by atoms with E-state index in [2.05, 4.69) is 32.8 Å². The monoisotopic (exact) mass is 380 g/mol. The lowest BCUT2D eigenvalue weighted by Gasteiger charge is -2.11. The third kappa shape index (κ3) is 4.05. The second-order valence-electron chi connectivity index (χ2n) is 4.87. The molecule has 1 N–H and O–H groups in total. The predicted molar refractivity (Wildman–Crippen MR) is 90.9 cm³/mol. The van der Waals surface area contributed by atoms with E-state index in [0.29, 0.717) is 5.56 Å². The Balaban J connectivity index is 2.07. The van der Waals surface area contributed by atoms with E-state index in [9.17, 15) is 4.79 Å². The largest absolute Gasteiger partial charge is 0.322 e. The highest BCUT2D eigenvalue weighted by Gasteiger charge is 2.09. The van der Waals surface area contributed by atoms with Crippen molar-refractivity contribution in [1.29, 1.82) is 0 Å². The molecule has 2 aromatic carbocycles. The summed E-state index contributed by atoms with van der Waals surface area (Å²) in [5, 5.41) is 2.92. The van der Waals surface area contributed by atoms with Crippen LogP contribution in [0.4, 0.5) is 5.69 Å². The Hall–Kier alpha value is -1.40. The molecule has 0 fully saturated rings. The first-order valence-corrected chi connectivity index (χ1v) is 7.43. The van der Waals surface area contributed by atoms with Crippen molar-refractivity contribution in [1.82, 2.24) is 4.90 Å². The normalized spacial score (nSPS) is 10.6. The van der Waals surface area contributed by atoms with Gasteiger partial charge in [0.2, 0.25) is 0 Å². The van der Waals surface area contributed by atoms with Gasteiger partial charge in [-0.2, -0.15) is 0 Å². The highest BCUT2D eigenvalue weighted by molar-refractivity contribution is 14.1. The van der Waals surface area contributed by atoms with E-state index in [1.807, 2.05) is 62.6 Å². The first-order valence-electron chi connectivity index (χ1n) is 6.36. The van der Waals surface area contributed by atoms with Gasteiger partial charge in [-0.3, -0.25) is 4.79 Å². The molecule has 1 amide bonds. The summed E-state index contributed by atoms with van der Waals surface area (Å²) in [7, 11) is 4.07. The number of hydrogen-bond donors (Lipinski definition) is 1. The van der Waals surface area contributed by atoms with Crippen LogP contribution in [0.25, 0.3) is 0 Å². The van der Waals surface area contributed by atoms with E-state index in [1.165, 1.54) is 5.56 Å². The zero-order chi connectivity index (χ0) is 14.5. The van der Waals surface area contributed by atoms with Crippen LogP contribution in [0.1, 0.15) is 15.9 Å². The van der Waals surface area contributed by atoms with E-state index >= 15 is 0 Å². The quantitative estimate of drug-likeness (QED) is 0.823. The topological polar surface area (TPSA) is 32.3 Å². The Morgan fingerprint density at radius 3 is 2.35 bits per heavy atom. The maximum absolute atomic E-state index is 12.2. The molecular formula is C16H17IN2O. The zero-order valence-corrected chi connectivity index (χ0v) is 13.7. The van der Waals surface area contributed by atoms with Gasteiger partial charge in [0.1, 0.15) is 0 Å². The zero-order valence-electron chi connectivity index (χ0n) is 11.6. The van der Waals surface area contributed by atoms with Crippen LogP contribution >= 0.6 is 22.6 Å². The van der Waals surface area contributed by atoms with Crippen LogP contribution in [-0.4, -0.2) is 24.9 Å². The highest BCUT2D eigenvalue weighted by Crippen LogP contribution is 2.15. The van der Waals surface area contributed by atoms with Crippen molar-refractivity contribution in [3.05, 3.63) is 63.2 Å². The molecule has 0 aliphatic rings. The van der Waals surface area contributed by atoms with Crippen LogP contribution in [0.15, 0.2) is 48.5 Å². The maximum atomic E-state index is 12.2. The van der Waals surface area contributed by atoms with Gasteiger partial charge in [-0.05, 0) is 66.5 Å². The molecule has 0 radical (unpaired) electrons. The number of carbonyl (C=O) groups is 1. The molecule has 0 saturated heterocycles. The number of hydrogen-bond acceptors (Lipinski definition) is 2. The van der Waals surface area contributed by atoms with Gasteiger partial charge in [-0.1, -0.05) is 24.3 Å². The van der Waals surface area contributed by atoms with Gasteiger partial charge in [0, 0.05) is 15.8 Å². The molecular weight excluding hydrogens is 363 g/mol. The fraction of sp³-hybridized carbons (Fsp3) is 0.188. The minimum Gasteiger partial charge on any atom is -0.322 e. The summed E-state index contributed by atoms with van der Waals surface area (Å²) in [6, 6.07) is 15.5. The fourth-order valence-corrected chi connectivity index (χ4v) is 2.53. The first kappa shape index (κ1) is 15.0. The summed E-state index contributed by atoms with van der Waals surface area (Å²) >= 11 is 2.17. The number of nitrogens with zero attached hydrogens (tertiary/aromatic N) is 1. The summed E-state index contributed by atoms with van der Waals surface area (Å²) in [5.74, 6) is -0.0737. The summed E-state index contributed by atoms with van der Waals surface area (Å²) < 4.78 is 0.951. The minimum atomic E-state index is -0.0737. The molecule has 0 aliphatic heterocycles. The Kier molecular flexibility index (Phi) is 5.14. The molecule has 0 aromatic heterocycles. The van der Waals surface area contributed by atoms with Gasteiger partial charge >= 0.3 is 0 Å². The highest BCUT2D eigenvalue weighted by atomic mass is 127. The molecule has 0 saturated carbocycles. The number of anilines is 1. The lowest BCUT2D eigenvalue weighted by Crippen LogP contribution is -2.14. The molecule has 0 bridgehead atoms. The number of amides is 1. The number of halogens is 1. The van der Waals surface area contributed by atoms with Crippen molar-refractivity contribution in [2.45, 2.75) is 6.54 Å². The van der Waals surface area contributed by atoms with Gasteiger partial charge < -0.3 is 10.2 Å². The van der Waals surface area contributed by atoms with Gasteiger partial charge in [0.15, 0.2) is 0 Å². The van der Waals surface area contributed by atoms with Crippen molar-refractivity contribution in [2.24, 2.45) is 0 Å². The Labute approximate surface area is 133 Å². The molecule has 3 nitrogen and oxygen atoms in total. The molecule has 0 heterocycles. The van der Waals surface area contributed by atoms with Crippen LogP contribution in [-0.2, 0) is 6.54 Å². The Bertz CT molecular complexity index is 594. The third-order valence-corrected chi connectivity index (χ3v) is 3.77. The second kappa shape index (κ2) is 6.85. The smallest absolute Gasteiger partial charge is 0.256 e. The SMILES string of the molecule is CN(C)Cc1ccc(NC(=O)c2ccccc2I)cc1. The van der Waals surface area contributed by atoms with E-state index in [1.54, 1.807) is 0 Å². The predicted octanol–water partition coefficient (Wildman–Crippen LogP) is 3.61. The van der Waals surface area contributed by atoms with Crippen molar-refractivity contribution in [3.63, 3.8) is 0 Å². The van der Waals surface area contributed by atoms with E-state index in [0.717, 1.165) is 15.8 Å². The molecule has 2 aromatic rings. The van der Waals surface area contributed by atoms with E-state index in [-0.39, 0.29) is 5.91 Å². The molecule has 2 rings (SSSR count). The molecule has 4 heteroatoms. The van der Waals surface area contributed by atoms with Gasteiger partial charge in [0.25, 0.3) is 5.91 Å². The molecule has 20 heavy (non-hydrogen) atoms. The summed E-state index contributed by atoms with van der Waals surface area (Å²) in [6.07, 6.45) is 0. The van der Waals surface area contributed by atoms with E-state index < -0.39 is 0 Å². The van der Waals surface area contributed by atoms with Crippen molar-refractivity contribution < 1.29 is 4.79 Å². The Morgan fingerprint density at radius 2 is 1.75 bits per heavy atom. The number of nitrogens with one attached hydrogen (secondary N) is 1. The molecule has 0 aliphatic carbocycles. The number of carbonyl (C=O) groups excluding carboxylic acids is 1. The minimum absolute atomic E-state index is 0.0737. The van der Waals surface area contributed by atoms with Crippen molar-refractivity contribution in [2.75, 3.05) is 19.4 Å². The Morgan fingerprint density at radius 1 is 1.10 bits per heavy atom. The van der Waals surface area contributed by atoms with Crippen molar-refractivity contribution >= 4 is 34.2 Å². The summed E-state index contributed by atoms with van der Waals surface area (Å²) in [6.45, 7) is 0.894. The lowest BCUT2D eigenvalue weighted by molar-refractivity contribution is 0.102. The lowest BCUT2D eigenvalue weighted by atomic mass is 10.2. The first-order chi connectivity index (χ1) is 9.56. The molecule has 0 unspecified atom stereocenters. The maximum Gasteiger partial charge on any atom is 0.256 e.